The summed E-state index contributed by atoms with van der Waals surface area (Å²) in [5.74, 6) is 0.693. The van der Waals surface area contributed by atoms with Crippen molar-refractivity contribution in [3.8, 4) is 5.69 Å². The van der Waals surface area contributed by atoms with Gasteiger partial charge in [0, 0.05) is 35.2 Å². The molecule has 0 bridgehead atoms. The highest BCUT2D eigenvalue weighted by molar-refractivity contribution is 6.34. The standard InChI is InChI=1S/C20H18BCl2N7O2/c1-28-18(31)30(10-20(28,21)32)16-2-5-24-17(26-16)27-19(3-4-19)15-9-29(11-25-15)14-7-12(22)6-13(23)8-14/h2,5-9,11,32H,3-4,10H2,1H3,(H,24,26,27). The Bertz CT molecular complexity index is 1190. The van der Waals surface area contributed by atoms with E-state index in [4.69, 9.17) is 31.0 Å². The summed E-state index contributed by atoms with van der Waals surface area (Å²) in [6.45, 7) is -0.101. The fraction of sp³-hybridized carbons (Fsp3) is 0.300. The zero-order valence-corrected chi connectivity index (χ0v) is 18.5. The Morgan fingerprint density at radius 1 is 1.19 bits per heavy atom. The SMILES string of the molecule is [B]C1(O)CN(c2ccnc(NC3(c4cn(-c5cc(Cl)cc(Cl)c5)cn4)CC3)n2)C(=O)N1C. The number of hydrogen-bond donors (Lipinski definition) is 2. The zero-order chi connectivity index (χ0) is 22.7. The lowest BCUT2D eigenvalue weighted by molar-refractivity contribution is 0.0391. The summed E-state index contributed by atoms with van der Waals surface area (Å²) in [4.78, 5) is 28.1. The first-order valence-corrected chi connectivity index (χ1v) is 10.6. The lowest BCUT2D eigenvalue weighted by Gasteiger charge is -2.23. The molecular formula is C20H18BCl2N7O2. The maximum Gasteiger partial charge on any atom is 0.327 e. The van der Waals surface area contributed by atoms with Gasteiger partial charge in [-0.05, 0) is 37.1 Å². The van der Waals surface area contributed by atoms with Gasteiger partial charge in [-0.1, -0.05) is 23.2 Å². The van der Waals surface area contributed by atoms with Gasteiger partial charge in [-0.3, -0.25) is 4.90 Å². The van der Waals surface area contributed by atoms with Crippen LogP contribution in [0.2, 0.25) is 10.0 Å². The van der Waals surface area contributed by atoms with Gasteiger partial charge in [-0.25, -0.2) is 14.8 Å². The van der Waals surface area contributed by atoms with Crippen molar-refractivity contribution in [3.05, 3.63) is 58.7 Å². The maximum atomic E-state index is 12.4. The molecule has 32 heavy (non-hydrogen) atoms. The number of carbonyl (C=O) groups excluding carboxylic acids is 1. The number of carbonyl (C=O) groups is 1. The van der Waals surface area contributed by atoms with Crippen LogP contribution in [0.5, 0.6) is 0 Å². The molecule has 2 aliphatic rings. The first-order valence-electron chi connectivity index (χ1n) is 9.86. The topological polar surface area (TPSA) is 99.4 Å². The fourth-order valence-electron chi connectivity index (χ4n) is 3.68. The molecule has 2 radical (unpaired) electrons. The fourth-order valence-corrected chi connectivity index (χ4v) is 4.19. The monoisotopic (exact) mass is 469 g/mol. The Balaban J connectivity index is 1.38. The number of benzene rings is 1. The first kappa shape index (κ1) is 21.1. The molecule has 5 rings (SSSR count). The van der Waals surface area contributed by atoms with Crippen LogP contribution in [0.25, 0.3) is 5.69 Å². The number of halogens is 2. The molecule has 2 fully saturated rings. The Morgan fingerprint density at radius 3 is 2.53 bits per heavy atom. The second-order valence-electron chi connectivity index (χ2n) is 8.05. The Morgan fingerprint density at radius 2 is 1.91 bits per heavy atom. The van der Waals surface area contributed by atoms with Crippen LogP contribution in [-0.4, -0.2) is 62.6 Å². The van der Waals surface area contributed by atoms with E-state index >= 15 is 0 Å². The number of nitrogens with zero attached hydrogens (tertiary/aromatic N) is 6. The molecule has 1 saturated carbocycles. The molecule has 1 aliphatic heterocycles. The quantitative estimate of drug-likeness (QED) is 0.557. The summed E-state index contributed by atoms with van der Waals surface area (Å²) in [7, 11) is 7.20. The lowest BCUT2D eigenvalue weighted by atomic mass is 9.91. The highest BCUT2D eigenvalue weighted by Gasteiger charge is 2.47. The molecule has 2 aromatic heterocycles. The number of aromatic nitrogens is 4. The molecule has 1 atom stereocenters. The molecule has 9 nitrogen and oxygen atoms in total. The van der Waals surface area contributed by atoms with Crippen molar-refractivity contribution in [2.45, 2.75) is 24.0 Å². The minimum Gasteiger partial charge on any atom is -0.378 e. The smallest absolute Gasteiger partial charge is 0.327 e. The van der Waals surface area contributed by atoms with Crippen molar-refractivity contribution >= 4 is 48.8 Å². The maximum absolute atomic E-state index is 12.4. The van der Waals surface area contributed by atoms with Gasteiger partial charge in [0.25, 0.3) is 0 Å². The minimum atomic E-state index is -1.76. The predicted octanol–water partition coefficient (Wildman–Crippen LogP) is 2.76. The number of nitrogens with one attached hydrogen (secondary N) is 1. The van der Waals surface area contributed by atoms with Crippen LogP contribution in [-0.2, 0) is 5.54 Å². The molecular weight excluding hydrogens is 452 g/mol. The van der Waals surface area contributed by atoms with Crippen molar-refractivity contribution in [1.82, 2.24) is 24.4 Å². The normalized spacial score (nSPS) is 21.8. The van der Waals surface area contributed by atoms with E-state index in [2.05, 4.69) is 20.3 Å². The van der Waals surface area contributed by atoms with E-state index in [1.807, 2.05) is 10.8 Å². The molecule has 2 N–H and O–H groups in total. The number of likely N-dealkylation sites (N-methyl/N-ethyl adjacent to an activating group) is 1. The number of rotatable bonds is 5. The van der Waals surface area contributed by atoms with E-state index in [1.54, 1.807) is 36.8 Å². The molecule has 3 heterocycles. The van der Waals surface area contributed by atoms with Gasteiger partial charge in [0.15, 0.2) is 0 Å². The van der Waals surface area contributed by atoms with Crippen LogP contribution in [0.3, 0.4) is 0 Å². The van der Waals surface area contributed by atoms with Gasteiger partial charge in [0.05, 0.1) is 24.1 Å². The average Bonchev–Trinajstić information content (AvgIpc) is 3.26. The third-order valence-electron chi connectivity index (χ3n) is 5.73. The second kappa shape index (κ2) is 7.36. The van der Waals surface area contributed by atoms with Crippen LogP contribution in [0, 0.1) is 0 Å². The van der Waals surface area contributed by atoms with Crippen molar-refractivity contribution in [2.24, 2.45) is 0 Å². The van der Waals surface area contributed by atoms with Crippen LogP contribution >= 0.6 is 23.2 Å². The van der Waals surface area contributed by atoms with Gasteiger partial charge in [-0.15, -0.1) is 0 Å². The van der Waals surface area contributed by atoms with E-state index in [0.717, 1.165) is 29.1 Å². The Kier molecular flexibility index (Phi) is 4.84. The Hall–Kier alpha value is -2.82. The van der Waals surface area contributed by atoms with Crippen molar-refractivity contribution in [2.75, 3.05) is 23.8 Å². The molecule has 1 aliphatic carbocycles. The third kappa shape index (κ3) is 3.68. The van der Waals surface area contributed by atoms with Crippen LogP contribution < -0.4 is 10.2 Å². The predicted molar refractivity (Wildman–Crippen MR) is 121 cm³/mol. The number of hydrogen-bond acceptors (Lipinski definition) is 6. The molecule has 1 aromatic carbocycles. The highest BCUT2D eigenvalue weighted by Crippen LogP contribution is 2.47. The number of imidazole rings is 1. The molecule has 1 saturated heterocycles. The highest BCUT2D eigenvalue weighted by atomic mass is 35.5. The number of anilines is 2. The average molecular weight is 470 g/mol. The Labute approximate surface area is 195 Å². The lowest BCUT2D eigenvalue weighted by Crippen LogP contribution is -2.45. The van der Waals surface area contributed by atoms with E-state index in [9.17, 15) is 9.90 Å². The summed E-state index contributed by atoms with van der Waals surface area (Å²) in [5, 5.41) is 14.6. The zero-order valence-electron chi connectivity index (χ0n) is 17.0. The number of amides is 2. The molecule has 2 amide bonds. The molecule has 162 valence electrons. The van der Waals surface area contributed by atoms with E-state index < -0.39 is 17.2 Å². The number of β-amino-alcohol motifs (C(OH)–C–C–N with tert-alkyl or cyclic N) is 1. The molecule has 0 spiro atoms. The van der Waals surface area contributed by atoms with E-state index in [1.165, 1.54) is 11.9 Å². The van der Waals surface area contributed by atoms with Gasteiger partial charge < -0.3 is 19.9 Å². The minimum absolute atomic E-state index is 0.101. The third-order valence-corrected chi connectivity index (χ3v) is 6.16. The summed E-state index contributed by atoms with van der Waals surface area (Å²) >= 11 is 12.2. The van der Waals surface area contributed by atoms with Crippen molar-refractivity contribution in [1.29, 1.82) is 0 Å². The van der Waals surface area contributed by atoms with Crippen LogP contribution in [0.1, 0.15) is 18.5 Å². The molecule has 3 aromatic rings. The molecule has 12 heteroatoms. The van der Waals surface area contributed by atoms with Crippen molar-refractivity contribution in [3.63, 3.8) is 0 Å². The van der Waals surface area contributed by atoms with E-state index in [-0.39, 0.29) is 6.54 Å². The van der Waals surface area contributed by atoms with Gasteiger partial charge in [0.2, 0.25) is 5.95 Å². The summed E-state index contributed by atoms with van der Waals surface area (Å²) < 4.78 is 1.85. The van der Waals surface area contributed by atoms with Gasteiger partial charge in [0.1, 0.15) is 19.3 Å². The van der Waals surface area contributed by atoms with E-state index in [0.29, 0.717) is 21.8 Å². The number of urea groups is 1. The summed E-state index contributed by atoms with van der Waals surface area (Å²) in [5.41, 5.74) is -0.534. The van der Waals surface area contributed by atoms with Crippen LogP contribution in [0.4, 0.5) is 16.6 Å². The first-order chi connectivity index (χ1) is 15.2. The van der Waals surface area contributed by atoms with Crippen LogP contribution in [0.15, 0.2) is 43.0 Å². The largest absolute Gasteiger partial charge is 0.378 e. The second-order valence-corrected chi connectivity index (χ2v) is 8.92. The molecule has 1 unspecified atom stereocenters. The number of aliphatic hydroxyl groups is 1. The van der Waals surface area contributed by atoms with Gasteiger partial charge >= 0.3 is 6.03 Å². The van der Waals surface area contributed by atoms with Gasteiger partial charge in [-0.2, -0.15) is 4.98 Å². The van der Waals surface area contributed by atoms with Crippen molar-refractivity contribution < 1.29 is 9.90 Å². The summed E-state index contributed by atoms with van der Waals surface area (Å²) in [6.07, 6.45) is 6.87. The summed E-state index contributed by atoms with van der Waals surface area (Å²) in [6, 6.07) is 6.44.